The number of anilines is 1. The standard InChI is InChI=1S/C25H28N4O3S2.ClH/c1-17(2)28-13-12-22-23(16-28)33-25(26-22)27-24(30)19-7-9-21(10-8-19)34(31,32)29-14-11-18-5-3-4-6-20(18)15-29;/h3-10,17H,11-16H2,1-2H3,(H,26,27,30);1H. The van der Waals surface area contributed by atoms with E-state index in [-0.39, 0.29) is 23.2 Å². The number of nitrogens with zero attached hydrogens (tertiary/aromatic N) is 3. The SMILES string of the molecule is CC(C)N1CCc2nc(NC(=O)c3ccc(S(=O)(=O)N4CCc5ccccc5C4)cc3)sc2C1.Cl. The zero-order valence-electron chi connectivity index (χ0n) is 19.7. The van der Waals surface area contributed by atoms with Gasteiger partial charge in [-0.2, -0.15) is 4.31 Å². The van der Waals surface area contributed by atoms with Gasteiger partial charge in [-0.15, -0.1) is 23.7 Å². The number of carbonyl (C=O) groups is 1. The van der Waals surface area contributed by atoms with Crippen LogP contribution in [0.3, 0.4) is 0 Å². The molecule has 0 saturated heterocycles. The highest BCUT2D eigenvalue weighted by Crippen LogP contribution is 2.30. The molecule has 2 aliphatic heterocycles. The molecule has 10 heteroatoms. The van der Waals surface area contributed by atoms with Crippen LogP contribution in [0.5, 0.6) is 0 Å². The van der Waals surface area contributed by atoms with Crippen molar-refractivity contribution in [2.75, 3.05) is 18.4 Å². The number of carbonyl (C=O) groups excluding carboxylic acids is 1. The van der Waals surface area contributed by atoms with Crippen molar-refractivity contribution in [3.05, 3.63) is 75.8 Å². The van der Waals surface area contributed by atoms with Gasteiger partial charge in [0.1, 0.15) is 0 Å². The number of rotatable bonds is 5. The Morgan fingerprint density at radius 1 is 1.00 bits per heavy atom. The third-order valence-electron chi connectivity index (χ3n) is 6.56. The van der Waals surface area contributed by atoms with Crippen molar-refractivity contribution in [3.63, 3.8) is 0 Å². The molecular formula is C25H29ClN4O3S2. The topological polar surface area (TPSA) is 82.6 Å². The Balaban J connectivity index is 0.00000289. The second-order valence-electron chi connectivity index (χ2n) is 9.04. The fourth-order valence-corrected chi connectivity index (χ4v) is 6.93. The largest absolute Gasteiger partial charge is 0.298 e. The van der Waals surface area contributed by atoms with Crippen LogP contribution in [-0.2, 0) is 36.0 Å². The second kappa shape index (κ2) is 10.4. The number of halogens is 1. The molecule has 0 radical (unpaired) electrons. The van der Waals surface area contributed by atoms with Gasteiger partial charge >= 0.3 is 0 Å². The lowest BCUT2D eigenvalue weighted by atomic mass is 10.0. The van der Waals surface area contributed by atoms with E-state index in [1.165, 1.54) is 38.2 Å². The first-order valence-electron chi connectivity index (χ1n) is 11.5. The Hall–Kier alpha value is -2.30. The smallest absolute Gasteiger partial charge is 0.257 e. The van der Waals surface area contributed by atoms with Gasteiger partial charge in [0.15, 0.2) is 5.13 Å². The molecule has 0 spiro atoms. The van der Waals surface area contributed by atoms with Crippen LogP contribution in [0.15, 0.2) is 53.4 Å². The number of fused-ring (bicyclic) bond motifs is 2. The molecule has 5 rings (SSSR count). The minimum atomic E-state index is -3.63. The van der Waals surface area contributed by atoms with Crippen LogP contribution in [-0.4, -0.2) is 47.6 Å². The average molecular weight is 533 g/mol. The van der Waals surface area contributed by atoms with Crippen LogP contribution in [0, 0.1) is 0 Å². The van der Waals surface area contributed by atoms with E-state index in [0.717, 1.165) is 30.8 Å². The van der Waals surface area contributed by atoms with E-state index < -0.39 is 10.0 Å². The zero-order chi connectivity index (χ0) is 23.9. The molecule has 0 bridgehead atoms. The minimum Gasteiger partial charge on any atom is -0.298 e. The molecule has 2 aliphatic rings. The number of nitrogens with one attached hydrogen (secondary N) is 1. The lowest BCUT2D eigenvalue weighted by Gasteiger charge is -2.29. The fraction of sp³-hybridized carbons (Fsp3) is 0.360. The maximum atomic E-state index is 13.2. The monoisotopic (exact) mass is 532 g/mol. The molecule has 1 amide bonds. The normalized spacial score (nSPS) is 16.3. The molecule has 1 N–H and O–H groups in total. The van der Waals surface area contributed by atoms with E-state index in [2.05, 4.69) is 29.0 Å². The van der Waals surface area contributed by atoms with E-state index in [0.29, 0.717) is 36.2 Å². The maximum Gasteiger partial charge on any atom is 0.257 e. The molecule has 3 heterocycles. The lowest BCUT2D eigenvalue weighted by molar-refractivity contribution is 0.102. The second-order valence-corrected chi connectivity index (χ2v) is 12.1. The predicted molar refractivity (Wildman–Crippen MR) is 141 cm³/mol. The van der Waals surface area contributed by atoms with Crippen LogP contribution in [0.1, 0.15) is 45.9 Å². The number of benzene rings is 2. The first-order valence-corrected chi connectivity index (χ1v) is 13.8. The fourth-order valence-electron chi connectivity index (χ4n) is 4.48. The van der Waals surface area contributed by atoms with E-state index >= 15 is 0 Å². The van der Waals surface area contributed by atoms with Crippen LogP contribution >= 0.6 is 23.7 Å². The van der Waals surface area contributed by atoms with Gasteiger partial charge in [0, 0.05) is 49.1 Å². The predicted octanol–water partition coefficient (Wildman–Crippen LogP) is 4.33. The molecule has 7 nitrogen and oxygen atoms in total. The van der Waals surface area contributed by atoms with Gasteiger partial charge in [0.25, 0.3) is 5.91 Å². The lowest BCUT2D eigenvalue weighted by Crippen LogP contribution is -2.35. The van der Waals surface area contributed by atoms with Gasteiger partial charge in [-0.1, -0.05) is 24.3 Å². The van der Waals surface area contributed by atoms with Crippen LogP contribution in [0.4, 0.5) is 5.13 Å². The molecule has 186 valence electrons. The minimum absolute atomic E-state index is 0. The highest BCUT2D eigenvalue weighted by Gasteiger charge is 2.28. The quantitative estimate of drug-likeness (QED) is 0.529. The van der Waals surface area contributed by atoms with Crippen LogP contribution in [0.2, 0.25) is 0 Å². The maximum absolute atomic E-state index is 13.2. The summed E-state index contributed by atoms with van der Waals surface area (Å²) in [5, 5.41) is 3.47. The summed E-state index contributed by atoms with van der Waals surface area (Å²) in [5.41, 5.74) is 3.69. The molecule has 0 saturated carbocycles. The Morgan fingerprint density at radius 3 is 2.43 bits per heavy atom. The van der Waals surface area contributed by atoms with Crippen molar-refractivity contribution in [1.82, 2.24) is 14.2 Å². The molecule has 35 heavy (non-hydrogen) atoms. The number of aromatic nitrogens is 1. The van der Waals surface area contributed by atoms with E-state index in [1.807, 2.05) is 24.3 Å². The Morgan fingerprint density at radius 2 is 1.71 bits per heavy atom. The number of thiazole rings is 1. The number of hydrogen-bond acceptors (Lipinski definition) is 6. The first-order chi connectivity index (χ1) is 16.3. The molecule has 2 aromatic carbocycles. The molecule has 0 aliphatic carbocycles. The van der Waals surface area contributed by atoms with Crippen molar-refractivity contribution in [3.8, 4) is 0 Å². The summed E-state index contributed by atoms with van der Waals surface area (Å²) < 4.78 is 27.8. The van der Waals surface area contributed by atoms with Gasteiger partial charge in [-0.05, 0) is 55.7 Å². The summed E-state index contributed by atoms with van der Waals surface area (Å²) in [4.78, 5) is 21.2. The van der Waals surface area contributed by atoms with Crippen LogP contribution in [0.25, 0.3) is 0 Å². The van der Waals surface area contributed by atoms with Crippen molar-refractivity contribution in [2.45, 2.75) is 50.7 Å². The summed E-state index contributed by atoms with van der Waals surface area (Å²) in [5.74, 6) is -0.289. The summed E-state index contributed by atoms with van der Waals surface area (Å²) in [6.07, 6.45) is 1.58. The molecule has 0 atom stereocenters. The van der Waals surface area contributed by atoms with Crippen molar-refractivity contribution < 1.29 is 13.2 Å². The van der Waals surface area contributed by atoms with Gasteiger partial charge < -0.3 is 0 Å². The van der Waals surface area contributed by atoms with Crippen LogP contribution < -0.4 is 5.32 Å². The highest BCUT2D eigenvalue weighted by molar-refractivity contribution is 7.89. The first kappa shape index (κ1) is 25.8. The average Bonchev–Trinajstić information content (AvgIpc) is 3.25. The highest BCUT2D eigenvalue weighted by atomic mass is 35.5. The molecular weight excluding hydrogens is 504 g/mol. The Kier molecular flexibility index (Phi) is 7.63. The van der Waals surface area contributed by atoms with E-state index in [4.69, 9.17) is 0 Å². The van der Waals surface area contributed by atoms with Gasteiger partial charge in [0.05, 0.1) is 10.6 Å². The third-order valence-corrected chi connectivity index (χ3v) is 9.42. The summed E-state index contributed by atoms with van der Waals surface area (Å²) in [6, 6.07) is 14.6. The molecule has 1 aromatic heterocycles. The summed E-state index contributed by atoms with van der Waals surface area (Å²) in [7, 11) is -3.63. The molecule has 3 aromatic rings. The number of sulfonamides is 1. The summed E-state index contributed by atoms with van der Waals surface area (Å²) >= 11 is 1.51. The zero-order valence-corrected chi connectivity index (χ0v) is 22.2. The van der Waals surface area contributed by atoms with E-state index in [9.17, 15) is 13.2 Å². The van der Waals surface area contributed by atoms with Crippen molar-refractivity contribution in [2.24, 2.45) is 0 Å². The van der Waals surface area contributed by atoms with Gasteiger partial charge in [-0.25, -0.2) is 13.4 Å². The van der Waals surface area contributed by atoms with Gasteiger partial charge in [-0.3, -0.25) is 15.0 Å². The molecule has 0 unspecified atom stereocenters. The number of hydrogen-bond donors (Lipinski definition) is 1. The Bertz CT molecular complexity index is 1320. The van der Waals surface area contributed by atoms with Crippen molar-refractivity contribution in [1.29, 1.82) is 0 Å². The van der Waals surface area contributed by atoms with Crippen molar-refractivity contribution >= 4 is 44.8 Å². The third kappa shape index (κ3) is 5.29. The van der Waals surface area contributed by atoms with E-state index in [1.54, 1.807) is 12.1 Å². The van der Waals surface area contributed by atoms with Gasteiger partial charge in [0.2, 0.25) is 10.0 Å². The number of amides is 1. The molecule has 0 fully saturated rings. The Labute approximate surface area is 216 Å². The summed E-state index contributed by atoms with van der Waals surface area (Å²) in [6.45, 7) is 7.01.